The van der Waals surface area contributed by atoms with Gasteiger partial charge in [0.05, 0.1) is 0 Å². The minimum atomic E-state index is 0.109. The molecule has 0 saturated heterocycles. The topological polar surface area (TPSA) is 56.7 Å². The van der Waals surface area contributed by atoms with Gasteiger partial charge < -0.3 is 5.32 Å². The summed E-state index contributed by atoms with van der Waals surface area (Å²) in [6.07, 6.45) is 0.572. The molecule has 120 valence electrons. The second kappa shape index (κ2) is 7.89. The van der Waals surface area contributed by atoms with Crippen LogP contribution in [0.2, 0.25) is 0 Å². The normalized spacial score (nSPS) is 11.8. The fraction of sp³-hybridized carbons (Fsp3) is 0.438. The van der Waals surface area contributed by atoms with Crippen molar-refractivity contribution in [3.05, 3.63) is 35.4 Å². The Hall–Kier alpha value is -1.95. The second-order valence-electron chi connectivity index (χ2n) is 5.89. The van der Waals surface area contributed by atoms with E-state index in [0.29, 0.717) is 23.9 Å². The number of aliphatic imine (C=N–C) groups is 1. The van der Waals surface area contributed by atoms with Crippen molar-refractivity contribution in [3.8, 4) is 0 Å². The molecule has 0 aliphatic rings. The van der Waals surface area contributed by atoms with Crippen LogP contribution in [0.1, 0.15) is 38.8 Å². The molecule has 0 atom stereocenters. The quantitative estimate of drug-likeness (QED) is 0.294. The number of nitrogens with zero attached hydrogens (tertiary/aromatic N) is 2. The van der Waals surface area contributed by atoms with E-state index in [1.165, 1.54) is 10.6 Å². The number of hydrazine groups is 1. The Labute approximate surface area is 137 Å². The van der Waals surface area contributed by atoms with Gasteiger partial charge >= 0.3 is 0 Å². The Morgan fingerprint density at radius 2 is 1.91 bits per heavy atom. The van der Waals surface area contributed by atoms with Gasteiger partial charge in [0.1, 0.15) is 5.84 Å². The van der Waals surface area contributed by atoms with Crippen LogP contribution in [0.3, 0.4) is 0 Å². The van der Waals surface area contributed by atoms with Gasteiger partial charge in [0.15, 0.2) is 5.11 Å². The van der Waals surface area contributed by atoms with Crippen LogP contribution >= 0.6 is 12.2 Å². The van der Waals surface area contributed by atoms with Gasteiger partial charge in [-0.1, -0.05) is 45.0 Å². The van der Waals surface area contributed by atoms with E-state index in [1.807, 2.05) is 19.1 Å². The molecular formula is C16H24N4OS. The Bertz CT molecular complexity index is 546. The standard InChI is InChI=1S/C16H24N4OS/c1-6-17-14(19-15(22)20(5)18-11-21)12-7-9-13(10-8-12)16(2,3)4/h7-11H,6H2,1-5H3,(H,18,21)(H,17,19,22). The van der Waals surface area contributed by atoms with Crippen LogP contribution < -0.4 is 10.7 Å². The maximum absolute atomic E-state index is 10.5. The molecule has 2 N–H and O–H groups in total. The second-order valence-corrected chi connectivity index (χ2v) is 6.27. The van der Waals surface area contributed by atoms with Crippen LogP contribution in [0, 0.1) is 0 Å². The molecule has 0 saturated carbocycles. The average molecular weight is 320 g/mol. The summed E-state index contributed by atoms with van der Waals surface area (Å²) in [6.45, 7) is 9.13. The van der Waals surface area contributed by atoms with Crippen molar-refractivity contribution in [1.29, 1.82) is 0 Å². The number of thiocarbonyl (C=S) groups is 1. The van der Waals surface area contributed by atoms with Crippen molar-refractivity contribution < 1.29 is 4.79 Å². The lowest BCUT2D eigenvalue weighted by Gasteiger charge is -2.21. The molecule has 0 fully saturated rings. The number of amidine groups is 1. The van der Waals surface area contributed by atoms with E-state index in [-0.39, 0.29) is 5.41 Å². The van der Waals surface area contributed by atoms with Gasteiger partial charge in [0.2, 0.25) is 6.41 Å². The van der Waals surface area contributed by atoms with Crippen LogP contribution in [0.25, 0.3) is 0 Å². The zero-order valence-electron chi connectivity index (χ0n) is 13.8. The van der Waals surface area contributed by atoms with Crippen LogP contribution in [-0.2, 0) is 10.2 Å². The Kier molecular flexibility index (Phi) is 6.49. The third-order valence-corrected chi connectivity index (χ3v) is 3.49. The minimum absolute atomic E-state index is 0.109. The molecule has 0 unspecified atom stereocenters. The highest BCUT2D eigenvalue weighted by Crippen LogP contribution is 2.22. The molecule has 0 spiro atoms. The molecule has 1 rings (SSSR count). The average Bonchev–Trinajstić information content (AvgIpc) is 2.46. The number of amides is 1. The van der Waals surface area contributed by atoms with Crippen molar-refractivity contribution >= 4 is 29.6 Å². The maximum atomic E-state index is 10.5. The third-order valence-electron chi connectivity index (χ3n) is 3.12. The van der Waals surface area contributed by atoms with Gasteiger partial charge in [-0.25, -0.2) is 0 Å². The molecule has 1 aromatic carbocycles. The Morgan fingerprint density at radius 3 is 2.36 bits per heavy atom. The highest BCUT2D eigenvalue weighted by atomic mass is 32.1. The van der Waals surface area contributed by atoms with Gasteiger partial charge in [0, 0.05) is 19.2 Å². The number of benzene rings is 1. The minimum Gasteiger partial charge on any atom is -0.316 e. The maximum Gasteiger partial charge on any atom is 0.225 e. The van der Waals surface area contributed by atoms with Crippen LogP contribution in [0.5, 0.6) is 0 Å². The van der Waals surface area contributed by atoms with Gasteiger partial charge in [0.25, 0.3) is 0 Å². The van der Waals surface area contributed by atoms with E-state index in [1.54, 1.807) is 7.05 Å². The summed E-state index contributed by atoms with van der Waals surface area (Å²) in [5.41, 5.74) is 4.79. The lowest BCUT2D eigenvalue weighted by molar-refractivity contribution is -0.112. The number of nitrogens with one attached hydrogen (secondary N) is 2. The van der Waals surface area contributed by atoms with Crippen molar-refractivity contribution in [1.82, 2.24) is 15.8 Å². The fourth-order valence-electron chi connectivity index (χ4n) is 1.81. The van der Waals surface area contributed by atoms with Crippen molar-refractivity contribution in [2.75, 3.05) is 13.6 Å². The smallest absolute Gasteiger partial charge is 0.225 e. The highest BCUT2D eigenvalue weighted by Gasteiger charge is 2.14. The zero-order valence-corrected chi connectivity index (χ0v) is 14.6. The van der Waals surface area contributed by atoms with Gasteiger partial charge in [-0.15, -0.1) is 0 Å². The number of hydrogen-bond donors (Lipinski definition) is 2. The molecule has 22 heavy (non-hydrogen) atoms. The van der Waals surface area contributed by atoms with E-state index in [4.69, 9.17) is 12.2 Å². The van der Waals surface area contributed by atoms with Crippen molar-refractivity contribution in [3.63, 3.8) is 0 Å². The number of carbonyl (C=O) groups is 1. The zero-order chi connectivity index (χ0) is 16.8. The predicted molar refractivity (Wildman–Crippen MR) is 94.9 cm³/mol. The molecule has 0 bridgehead atoms. The van der Waals surface area contributed by atoms with Gasteiger partial charge in [-0.2, -0.15) is 0 Å². The lowest BCUT2D eigenvalue weighted by atomic mass is 9.86. The number of carbonyl (C=O) groups excluding carboxylic acids is 1. The summed E-state index contributed by atoms with van der Waals surface area (Å²) in [7, 11) is 1.66. The SMILES string of the molecule is CCN=C(NC(=S)N(C)NC=O)c1ccc(C(C)(C)C)cc1. The molecule has 0 aromatic heterocycles. The summed E-state index contributed by atoms with van der Waals surface area (Å²) in [6, 6.07) is 8.24. The van der Waals surface area contributed by atoms with Crippen molar-refractivity contribution in [2.45, 2.75) is 33.1 Å². The van der Waals surface area contributed by atoms with Crippen LogP contribution in [0.15, 0.2) is 29.3 Å². The fourth-order valence-corrected chi connectivity index (χ4v) is 1.96. The molecule has 0 aliphatic heterocycles. The molecule has 1 aromatic rings. The van der Waals surface area contributed by atoms with Crippen LogP contribution in [0.4, 0.5) is 0 Å². The van der Waals surface area contributed by atoms with Gasteiger partial charge in [-0.3, -0.25) is 20.2 Å². The summed E-state index contributed by atoms with van der Waals surface area (Å²) in [5.74, 6) is 0.688. The molecule has 0 aliphatic carbocycles. The third kappa shape index (κ3) is 5.11. The van der Waals surface area contributed by atoms with E-state index >= 15 is 0 Å². The summed E-state index contributed by atoms with van der Waals surface area (Å²) in [4.78, 5) is 14.9. The Balaban J connectivity index is 2.95. The predicted octanol–water partition coefficient (Wildman–Crippen LogP) is 2.22. The molecule has 6 heteroatoms. The number of hydrogen-bond acceptors (Lipinski definition) is 3. The molecule has 1 amide bonds. The van der Waals surface area contributed by atoms with Crippen molar-refractivity contribution in [2.24, 2.45) is 4.99 Å². The number of rotatable bonds is 4. The highest BCUT2D eigenvalue weighted by molar-refractivity contribution is 7.80. The molecule has 0 heterocycles. The van der Waals surface area contributed by atoms with E-state index in [2.05, 4.69) is 48.6 Å². The largest absolute Gasteiger partial charge is 0.316 e. The summed E-state index contributed by atoms with van der Waals surface area (Å²) < 4.78 is 0. The first-order valence-corrected chi connectivity index (χ1v) is 7.60. The molecule has 5 nitrogen and oxygen atoms in total. The molecule has 0 radical (unpaired) electrons. The van der Waals surface area contributed by atoms with E-state index in [9.17, 15) is 4.79 Å². The summed E-state index contributed by atoms with van der Waals surface area (Å²) in [5, 5.41) is 4.86. The van der Waals surface area contributed by atoms with Gasteiger partial charge in [-0.05, 0) is 30.1 Å². The first-order chi connectivity index (χ1) is 10.3. The lowest BCUT2D eigenvalue weighted by Crippen LogP contribution is -2.47. The van der Waals surface area contributed by atoms with Crippen LogP contribution in [-0.4, -0.2) is 36.0 Å². The molecular weight excluding hydrogens is 296 g/mol. The van der Waals surface area contributed by atoms with E-state index in [0.717, 1.165) is 5.56 Å². The monoisotopic (exact) mass is 320 g/mol. The first kappa shape index (κ1) is 18.1. The Morgan fingerprint density at radius 1 is 1.32 bits per heavy atom. The summed E-state index contributed by atoms with van der Waals surface area (Å²) >= 11 is 5.23. The first-order valence-electron chi connectivity index (χ1n) is 7.19. The van der Waals surface area contributed by atoms with E-state index < -0.39 is 0 Å².